The lowest BCUT2D eigenvalue weighted by molar-refractivity contribution is -0.117. The largest absolute Gasteiger partial charge is 0.449 e. The molecule has 160 valence electrons. The molecule has 0 unspecified atom stereocenters. The third-order valence-electron chi connectivity index (χ3n) is 4.90. The van der Waals surface area contributed by atoms with Crippen LogP contribution in [0.15, 0.2) is 41.3 Å². The number of carbonyl (C=O) groups is 2. The highest BCUT2D eigenvalue weighted by atomic mass is 32.2. The van der Waals surface area contributed by atoms with E-state index >= 15 is 0 Å². The molecule has 1 aliphatic heterocycles. The summed E-state index contributed by atoms with van der Waals surface area (Å²) in [6.45, 7) is 5.43. The number of ether oxygens (including phenoxy) is 1. The molecular weight excluding hydrogens is 411 g/mol. The number of benzene rings is 2. The van der Waals surface area contributed by atoms with Crippen LogP contribution in [0.4, 0.5) is 20.6 Å². The van der Waals surface area contributed by atoms with Crippen LogP contribution in [0.2, 0.25) is 0 Å². The van der Waals surface area contributed by atoms with E-state index in [4.69, 9.17) is 4.74 Å². The number of nitrogens with zero attached hydrogens (tertiary/aromatic N) is 2. The molecule has 9 heteroatoms. The topological polar surface area (TPSA) is 84.0 Å². The first kappa shape index (κ1) is 21.8. The van der Waals surface area contributed by atoms with Crippen LogP contribution in [0.3, 0.4) is 0 Å². The molecule has 1 atom stereocenters. The minimum Gasteiger partial charge on any atom is -0.449 e. The minimum atomic E-state index is -3.75. The number of fused-ring (bicyclic) bond motifs is 1. The predicted molar refractivity (Wildman–Crippen MR) is 112 cm³/mol. The Morgan fingerprint density at radius 2 is 1.77 bits per heavy atom. The van der Waals surface area contributed by atoms with E-state index in [0.29, 0.717) is 22.5 Å². The third-order valence-corrected chi connectivity index (χ3v) is 6.02. The highest BCUT2D eigenvalue weighted by Gasteiger charge is 2.34. The van der Waals surface area contributed by atoms with Gasteiger partial charge < -0.3 is 9.64 Å². The Hall–Kier alpha value is -2.94. The molecule has 30 heavy (non-hydrogen) atoms. The summed E-state index contributed by atoms with van der Waals surface area (Å²) < 4.78 is 42.9. The quantitative estimate of drug-likeness (QED) is 0.737. The second kappa shape index (κ2) is 8.06. The van der Waals surface area contributed by atoms with E-state index in [9.17, 15) is 22.4 Å². The Morgan fingerprint density at radius 1 is 1.13 bits per heavy atom. The molecule has 1 heterocycles. The Balaban J connectivity index is 2.17. The smallest absolute Gasteiger partial charge is 0.414 e. The fourth-order valence-electron chi connectivity index (χ4n) is 3.63. The second-order valence-corrected chi connectivity index (χ2v) is 9.15. The van der Waals surface area contributed by atoms with Crippen LogP contribution in [0.1, 0.15) is 20.8 Å². The molecule has 0 radical (unpaired) electrons. The highest BCUT2D eigenvalue weighted by Crippen LogP contribution is 2.39. The van der Waals surface area contributed by atoms with E-state index < -0.39 is 26.6 Å². The van der Waals surface area contributed by atoms with Gasteiger partial charge in [0, 0.05) is 19.7 Å². The fraction of sp³-hybridized carbons (Fsp3) is 0.333. The van der Waals surface area contributed by atoms with Gasteiger partial charge >= 0.3 is 6.09 Å². The first-order chi connectivity index (χ1) is 14.0. The molecule has 0 fully saturated rings. The van der Waals surface area contributed by atoms with Crippen LogP contribution in [-0.2, 0) is 19.4 Å². The van der Waals surface area contributed by atoms with Crippen molar-refractivity contribution >= 4 is 33.2 Å². The van der Waals surface area contributed by atoms with Gasteiger partial charge in [-0.3, -0.25) is 9.69 Å². The van der Waals surface area contributed by atoms with Gasteiger partial charge in [-0.2, -0.15) is 0 Å². The van der Waals surface area contributed by atoms with E-state index in [0.717, 1.165) is 12.3 Å². The maximum absolute atomic E-state index is 14.0. The summed E-state index contributed by atoms with van der Waals surface area (Å²) in [7, 11) is -3.75. The molecular formula is C21H23FN2O5S. The minimum absolute atomic E-state index is 0.166. The van der Waals surface area contributed by atoms with E-state index in [-0.39, 0.29) is 25.1 Å². The van der Waals surface area contributed by atoms with Crippen molar-refractivity contribution in [2.75, 3.05) is 29.2 Å². The van der Waals surface area contributed by atoms with Crippen molar-refractivity contribution < 1.29 is 27.1 Å². The molecule has 1 aliphatic rings. The van der Waals surface area contributed by atoms with Crippen molar-refractivity contribution in [2.24, 2.45) is 0 Å². The number of rotatable bonds is 3. The normalized spacial score (nSPS) is 16.2. The zero-order valence-electron chi connectivity index (χ0n) is 17.2. The molecule has 0 saturated carbocycles. The number of amides is 2. The van der Waals surface area contributed by atoms with Gasteiger partial charge in [0.1, 0.15) is 10.7 Å². The molecule has 0 spiro atoms. The van der Waals surface area contributed by atoms with Gasteiger partial charge in [-0.25, -0.2) is 17.6 Å². The van der Waals surface area contributed by atoms with Crippen LogP contribution in [0, 0.1) is 5.82 Å². The summed E-state index contributed by atoms with van der Waals surface area (Å²) in [6, 6.07) is 8.63. The summed E-state index contributed by atoms with van der Waals surface area (Å²) in [5, 5.41) is 0. The molecule has 0 aromatic heterocycles. The molecule has 3 rings (SSSR count). The summed E-state index contributed by atoms with van der Waals surface area (Å²) in [5.74, 6) is -0.995. The first-order valence-electron chi connectivity index (χ1n) is 9.42. The Labute approximate surface area is 175 Å². The van der Waals surface area contributed by atoms with Crippen LogP contribution in [-0.4, -0.2) is 45.9 Å². The average Bonchev–Trinajstić information content (AvgIpc) is 2.66. The summed E-state index contributed by atoms with van der Waals surface area (Å²) in [6.07, 6.45) is 0.401. The zero-order chi connectivity index (χ0) is 22.2. The van der Waals surface area contributed by atoms with Gasteiger partial charge in [0.25, 0.3) is 0 Å². The lowest BCUT2D eigenvalue weighted by atomic mass is 10.0. The molecule has 2 aromatic rings. The van der Waals surface area contributed by atoms with Crippen molar-refractivity contribution in [1.82, 2.24) is 0 Å². The molecule has 0 N–H and O–H groups in total. The lowest BCUT2D eigenvalue weighted by Gasteiger charge is -2.40. The lowest BCUT2D eigenvalue weighted by Crippen LogP contribution is -2.51. The second-order valence-electron chi connectivity index (χ2n) is 7.17. The fourth-order valence-corrected chi connectivity index (χ4v) is 4.39. The number of hydrogen-bond donors (Lipinski definition) is 0. The standard InChI is InChI=1S/C21H23FN2O5S/c1-5-29-21(26)23-12-13(2)24(14(3)25)18-9-7-15(10-19(18)23)16-6-8-17(22)20(11-16)30(4,27)28/h6-11,13H,5,12H2,1-4H3/t13-/m0/s1. The number of halogens is 1. The SMILES string of the molecule is CCOC(=O)N1C[C@H](C)N(C(C)=O)c2ccc(-c3ccc(F)c(S(C)(=O)=O)c3)cc21. The van der Waals surface area contributed by atoms with Crippen LogP contribution >= 0.6 is 0 Å². The van der Waals surface area contributed by atoms with Gasteiger partial charge in [-0.15, -0.1) is 0 Å². The van der Waals surface area contributed by atoms with E-state index in [1.807, 2.05) is 6.92 Å². The number of sulfone groups is 1. The van der Waals surface area contributed by atoms with Gasteiger partial charge in [0.2, 0.25) is 5.91 Å². The van der Waals surface area contributed by atoms with Gasteiger partial charge in [-0.05, 0) is 49.2 Å². The van der Waals surface area contributed by atoms with Crippen molar-refractivity contribution in [3.05, 3.63) is 42.2 Å². The Kier molecular flexibility index (Phi) is 5.85. The molecule has 0 bridgehead atoms. The van der Waals surface area contributed by atoms with E-state index in [1.54, 1.807) is 30.0 Å². The highest BCUT2D eigenvalue weighted by molar-refractivity contribution is 7.90. The summed E-state index contributed by atoms with van der Waals surface area (Å²) in [5.41, 5.74) is 2.05. The molecule has 2 aromatic carbocycles. The van der Waals surface area contributed by atoms with Crippen molar-refractivity contribution in [3.8, 4) is 11.1 Å². The Morgan fingerprint density at radius 3 is 2.37 bits per heavy atom. The van der Waals surface area contributed by atoms with Crippen molar-refractivity contribution in [1.29, 1.82) is 0 Å². The first-order valence-corrected chi connectivity index (χ1v) is 11.3. The predicted octanol–water partition coefficient (Wildman–Crippen LogP) is 3.61. The van der Waals surface area contributed by atoms with E-state index in [2.05, 4.69) is 0 Å². The zero-order valence-corrected chi connectivity index (χ0v) is 18.0. The Bertz CT molecular complexity index is 1120. The average molecular weight is 434 g/mol. The number of hydrogen-bond acceptors (Lipinski definition) is 5. The monoisotopic (exact) mass is 434 g/mol. The summed E-state index contributed by atoms with van der Waals surface area (Å²) in [4.78, 5) is 27.4. The van der Waals surface area contributed by atoms with Crippen molar-refractivity contribution in [3.63, 3.8) is 0 Å². The maximum Gasteiger partial charge on any atom is 0.414 e. The van der Waals surface area contributed by atoms with E-state index in [1.165, 1.54) is 24.0 Å². The van der Waals surface area contributed by atoms with Gasteiger partial charge in [-0.1, -0.05) is 12.1 Å². The van der Waals surface area contributed by atoms with Crippen molar-refractivity contribution in [2.45, 2.75) is 31.7 Å². The van der Waals surface area contributed by atoms with Gasteiger partial charge in [0.05, 0.1) is 24.0 Å². The van der Waals surface area contributed by atoms with Crippen LogP contribution < -0.4 is 9.80 Å². The van der Waals surface area contributed by atoms with Gasteiger partial charge in [0.15, 0.2) is 9.84 Å². The van der Waals surface area contributed by atoms with Crippen LogP contribution in [0.5, 0.6) is 0 Å². The number of anilines is 2. The molecule has 7 nitrogen and oxygen atoms in total. The molecule has 2 amide bonds. The maximum atomic E-state index is 14.0. The summed E-state index contributed by atoms with van der Waals surface area (Å²) >= 11 is 0. The molecule has 0 saturated heterocycles. The number of carbonyl (C=O) groups excluding carboxylic acids is 2. The van der Waals surface area contributed by atoms with Crippen LogP contribution in [0.25, 0.3) is 11.1 Å². The third kappa shape index (κ3) is 4.02. The molecule has 0 aliphatic carbocycles.